The molecule has 4 nitrogen and oxygen atoms in total. The molecule has 0 spiro atoms. The number of likely N-dealkylation sites (tertiary alicyclic amines) is 1. The molecule has 5 heteroatoms. The predicted octanol–water partition coefficient (Wildman–Crippen LogP) is 1.98. The maximum Gasteiger partial charge on any atom is 0.195 e. The molecular weight excluding hydrogens is 220 g/mol. The van der Waals surface area contributed by atoms with Crippen LogP contribution in [0.4, 0.5) is 0 Å². The molecule has 0 saturated carbocycles. The maximum absolute atomic E-state index is 5.22. The van der Waals surface area contributed by atoms with E-state index < -0.39 is 0 Å². The number of hydrogen-bond donors (Lipinski definition) is 1. The van der Waals surface area contributed by atoms with Gasteiger partial charge in [-0.2, -0.15) is 5.10 Å². The van der Waals surface area contributed by atoms with Crippen LogP contribution in [0.25, 0.3) is 0 Å². The van der Waals surface area contributed by atoms with Gasteiger partial charge in [0.2, 0.25) is 0 Å². The molecule has 0 amide bonds. The summed E-state index contributed by atoms with van der Waals surface area (Å²) in [4.78, 5) is 2.53. The fourth-order valence-corrected chi connectivity index (χ4v) is 2.60. The van der Waals surface area contributed by atoms with Gasteiger partial charge in [0.1, 0.15) is 5.82 Å². The molecule has 0 aliphatic carbocycles. The molecule has 0 aromatic carbocycles. The summed E-state index contributed by atoms with van der Waals surface area (Å²) in [5.74, 6) is 1.71. The predicted molar refractivity (Wildman–Crippen MR) is 67.0 cm³/mol. The summed E-state index contributed by atoms with van der Waals surface area (Å²) >= 11 is 5.22. The molecule has 1 aromatic heterocycles. The van der Waals surface area contributed by atoms with Gasteiger partial charge in [-0.15, -0.1) is 0 Å². The van der Waals surface area contributed by atoms with Crippen molar-refractivity contribution in [2.75, 3.05) is 13.1 Å². The minimum Gasteiger partial charge on any atom is -0.304 e. The highest BCUT2D eigenvalue weighted by atomic mass is 32.1. The number of rotatable bonds is 3. The topological polar surface area (TPSA) is 36.9 Å². The number of nitrogens with one attached hydrogen (secondary N) is 1. The third kappa shape index (κ3) is 2.35. The Hall–Kier alpha value is -0.680. The molecule has 1 aliphatic heterocycles. The maximum atomic E-state index is 5.22. The molecule has 0 radical (unpaired) electrons. The van der Waals surface area contributed by atoms with Crippen molar-refractivity contribution in [3.63, 3.8) is 0 Å². The summed E-state index contributed by atoms with van der Waals surface area (Å²) in [6, 6.07) is 0.656. The monoisotopic (exact) mass is 240 g/mol. The van der Waals surface area contributed by atoms with Gasteiger partial charge in [0.15, 0.2) is 4.77 Å². The second-order valence-corrected chi connectivity index (χ2v) is 5.32. The van der Waals surface area contributed by atoms with E-state index in [1.165, 1.54) is 19.5 Å². The van der Waals surface area contributed by atoms with Crippen LogP contribution in [0, 0.1) is 17.6 Å². The smallest absolute Gasteiger partial charge is 0.195 e. The highest BCUT2D eigenvalue weighted by Crippen LogP contribution is 2.20. The van der Waals surface area contributed by atoms with E-state index >= 15 is 0 Å². The van der Waals surface area contributed by atoms with Gasteiger partial charge in [-0.05, 0) is 51.9 Å². The molecule has 1 fully saturated rings. The molecule has 1 unspecified atom stereocenters. The average molecular weight is 240 g/mol. The summed E-state index contributed by atoms with van der Waals surface area (Å²) < 4.78 is 2.87. The van der Waals surface area contributed by atoms with Crippen molar-refractivity contribution in [1.29, 1.82) is 0 Å². The highest BCUT2D eigenvalue weighted by molar-refractivity contribution is 7.71. The fourth-order valence-electron chi connectivity index (χ4n) is 2.35. The van der Waals surface area contributed by atoms with Gasteiger partial charge in [-0.25, -0.2) is 0 Å². The largest absolute Gasteiger partial charge is 0.304 e. The second-order valence-electron chi connectivity index (χ2n) is 4.93. The van der Waals surface area contributed by atoms with Crippen molar-refractivity contribution in [1.82, 2.24) is 19.7 Å². The quantitative estimate of drug-likeness (QED) is 0.821. The Kier molecular flexibility index (Phi) is 3.44. The molecule has 1 aromatic rings. The lowest BCUT2D eigenvalue weighted by atomic mass is 10.1. The minimum atomic E-state index is 0.656. The van der Waals surface area contributed by atoms with E-state index in [1.807, 2.05) is 6.92 Å². The van der Waals surface area contributed by atoms with Gasteiger partial charge in [-0.3, -0.25) is 5.10 Å². The van der Waals surface area contributed by atoms with E-state index in [1.54, 1.807) is 0 Å². The van der Waals surface area contributed by atoms with Gasteiger partial charge >= 0.3 is 0 Å². The summed E-state index contributed by atoms with van der Waals surface area (Å²) in [6.07, 6.45) is 1.27. The molecule has 0 bridgehead atoms. The van der Waals surface area contributed by atoms with Crippen LogP contribution < -0.4 is 0 Å². The first kappa shape index (κ1) is 11.8. The van der Waals surface area contributed by atoms with E-state index in [-0.39, 0.29) is 0 Å². The number of hydrogen-bond acceptors (Lipinski definition) is 3. The molecule has 2 rings (SSSR count). The van der Waals surface area contributed by atoms with Crippen LogP contribution in [0.15, 0.2) is 0 Å². The van der Waals surface area contributed by atoms with Gasteiger partial charge in [0.25, 0.3) is 0 Å². The first-order valence-corrected chi connectivity index (χ1v) is 6.34. The van der Waals surface area contributed by atoms with Crippen molar-refractivity contribution in [3.8, 4) is 0 Å². The average Bonchev–Trinajstić information content (AvgIpc) is 2.80. The Morgan fingerprint density at radius 1 is 1.56 bits per heavy atom. The van der Waals surface area contributed by atoms with Crippen molar-refractivity contribution in [2.24, 2.45) is 5.92 Å². The minimum absolute atomic E-state index is 0.656. The molecule has 2 heterocycles. The van der Waals surface area contributed by atoms with Crippen molar-refractivity contribution in [2.45, 2.75) is 39.8 Å². The van der Waals surface area contributed by atoms with E-state index in [0.717, 1.165) is 17.1 Å². The number of H-pyrrole nitrogens is 1. The lowest BCUT2D eigenvalue weighted by molar-refractivity contribution is 0.260. The van der Waals surface area contributed by atoms with E-state index in [4.69, 9.17) is 12.2 Å². The second kappa shape index (κ2) is 4.67. The van der Waals surface area contributed by atoms with Crippen LogP contribution in [0.1, 0.15) is 26.1 Å². The van der Waals surface area contributed by atoms with Crippen LogP contribution in [0.2, 0.25) is 0 Å². The van der Waals surface area contributed by atoms with Gasteiger partial charge in [0.05, 0.1) is 0 Å². The summed E-state index contributed by atoms with van der Waals surface area (Å²) in [5.41, 5.74) is 0. The van der Waals surface area contributed by atoms with E-state index in [2.05, 4.69) is 33.5 Å². The van der Waals surface area contributed by atoms with Crippen LogP contribution in [-0.4, -0.2) is 38.8 Å². The molecule has 1 N–H and O–H groups in total. The van der Waals surface area contributed by atoms with Crippen molar-refractivity contribution < 1.29 is 0 Å². The van der Waals surface area contributed by atoms with Gasteiger partial charge in [0, 0.05) is 19.1 Å². The zero-order valence-corrected chi connectivity index (χ0v) is 11.0. The van der Waals surface area contributed by atoms with Crippen LogP contribution >= 0.6 is 12.2 Å². The summed E-state index contributed by atoms with van der Waals surface area (Å²) in [7, 11) is 0. The Morgan fingerprint density at radius 2 is 2.31 bits per heavy atom. The Labute approximate surface area is 102 Å². The van der Waals surface area contributed by atoms with E-state index in [0.29, 0.717) is 12.0 Å². The van der Waals surface area contributed by atoms with Crippen molar-refractivity contribution in [3.05, 3.63) is 10.6 Å². The molecule has 16 heavy (non-hydrogen) atoms. The molecule has 90 valence electrons. The Morgan fingerprint density at radius 3 is 2.81 bits per heavy atom. The third-order valence-corrected chi connectivity index (χ3v) is 3.75. The lowest BCUT2D eigenvalue weighted by Gasteiger charge is -2.20. The molecule has 1 saturated heterocycles. The number of aromatic nitrogens is 3. The number of aromatic amines is 1. The number of aryl methyl sites for hydroxylation is 1. The van der Waals surface area contributed by atoms with Crippen molar-refractivity contribution >= 4 is 12.2 Å². The fraction of sp³-hybridized carbons (Fsp3) is 0.818. The SMILES string of the molecule is Cc1n[nH]c(=S)n1CC1CCN(C(C)C)C1. The van der Waals surface area contributed by atoms with Gasteiger partial charge < -0.3 is 9.47 Å². The zero-order valence-electron chi connectivity index (χ0n) is 10.2. The standard InChI is InChI=1S/C11H20N4S/c1-8(2)14-5-4-10(6-14)7-15-9(3)12-13-11(15)16/h8,10H,4-7H2,1-3H3,(H,13,16). The molecule has 1 aliphatic rings. The van der Waals surface area contributed by atoms with Gasteiger partial charge in [-0.1, -0.05) is 0 Å². The zero-order chi connectivity index (χ0) is 11.7. The summed E-state index contributed by atoms with van der Waals surface area (Å²) in [6.45, 7) is 9.93. The molecular formula is C11H20N4S. The lowest BCUT2D eigenvalue weighted by Crippen LogP contribution is -2.28. The first-order chi connectivity index (χ1) is 7.58. The van der Waals surface area contributed by atoms with Crippen LogP contribution in [0.5, 0.6) is 0 Å². The first-order valence-electron chi connectivity index (χ1n) is 5.93. The van der Waals surface area contributed by atoms with Crippen LogP contribution in [-0.2, 0) is 6.54 Å². The Balaban J connectivity index is 2.00. The Bertz CT molecular complexity index is 406. The normalized spacial score (nSPS) is 22.1. The summed E-state index contributed by atoms with van der Waals surface area (Å²) in [5, 5.41) is 6.99. The highest BCUT2D eigenvalue weighted by Gasteiger charge is 2.24. The third-order valence-electron chi connectivity index (χ3n) is 3.44. The van der Waals surface area contributed by atoms with E-state index in [9.17, 15) is 0 Å². The number of nitrogens with zero attached hydrogens (tertiary/aromatic N) is 3. The molecule has 1 atom stereocenters. The van der Waals surface area contributed by atoms with Crippen LogP contribution in [0.3, 0.4) is 0 Å².